The molecule has 29 heavy (non-hydrogen) atoms. The summed E-state index contributed by atoms with van der Waals surface area (Å²) >= 11 is 0. The molecule has 2 amide bonds. The van der Waals surface area contributed by atoms with Gasteiger partial charge in [-0.05, 0) is 6.07 Å². The smallest absolute Gasteiger partial charge is 0.272 e. The van der Waals surface area contributed by atoms with Crippen molar-refractivity contribution in [1.29, 1.82) is 0 Å². The van der Waals surface area contributed by atoms with Gasteiger partial charge >= 0.3 is 0 Å². The summed E-state index contributed by atoms with van der Waals surface area (Å²) in [6.45, 7) is 3.60. The fourth-order valence-electron chi connectivity index (χ4n) is 4.28. The number of rotatable bonds is 3. The molecule has 8 heteroatoms. The summed E-state index contributed by atoms with van der Waals surface area (Å²) in [5.74, 6) is -0.671. The molecule has 3 aliphatic rings. The Labute approximate surface area is 169 Å². The summed E-state index contributed by atoms with van der Waals surface area (Å²) in [5, 5.41) is 4.56. The van der Waals surface area contributed by atoms with Crippen molar-refractivity contribution in [3.8, 4) is 11.3 Å². The standard InChI is InChI=1S/C21H24N4O4/c26-19(23-8-6-21(7-9-23)28-12-13-29-21)15-24-10-11-25-18(20(24)27)14-17(22-25)16-4-2-1-3-5-16/h1-5,14H,6-13,15H2. The Hall–Kier alpha value is -2.71. The number of ether oxygens (including phenoxy) is 2. The highest BCUT2D eigenvalue weighted by atomic mass is 16.7. The van der Waals surface area contributed by atoms with Gasteiger partial charge in [0.1, 0.15) is 12.2 Å². The normalized spacial score (nSPS) is 20.9. The molecule has 0 N–H and O–H groups in total. The molecule has 8 nitrogen and oxygen atoms in total. The molecule has 1 aromatic carbocycles. The third-order valence-corrected chi connectivity index (χ3v) is 5.96. The van der Waals surface area contributed by atoms with Crippen LogP contribution in [0, 0.1) is 0 Å². The summed E-state index contributed by atoms with van der Waals surface area (Å²) in [6.07, 6.45) is 1.36. The minimum Gasteiger partial charge on any atom is -0.347 e. The lowest BCUT2D eigenvalue weighted by atomic mass is 10.0. The van der Waals surface area contributed by atoms with Gasteiger partial charge in [0.25, 0.3) is 5.91 Å². The van der Waals surface area contributed by atoms with Crippen molar-refractivity contribution in [2.24, 2.45) is 0 Å². The first-order chi connectivity index (χ1) is 14.1. The molecule has 1 aromatic heterocycles. The van der Waals surface area contributed by atoms with Gasteiger partial charge in [0.15, 0.2) is 5.79 Å². The van der Waals surface area contributed by atoms with Crippen molar-refractivity contribution in [1.82, 2.24) is 19.6 Å². The summed E-state index contributed by atoms with van der Waals surface area (Å²) in [4.78, 5) is 29.2. The Balaban J connectivity index is 1.24. The maximum absolute atomic E-state index is 12.9. The van der Waals surface area contributed by atoms with Crippen molar-refractivity contribution >= 4 is 11.8 Å². The Bertz CT molecular complexity index is 910. The molecule has 2 saturated heterocycles. The van der Waals surface area contributed by atoms with Gasteiger partial charge in [-0.1, -0.05) is 30.3 Å². The zero-order chi connectivity index (χ0) is 19.8. The summed E-state index contributed by atoms with van der Waals surface area (Å²) < 4.78 is 13.2. The van der Waals surface area contributed by atoms with Crippen LogP contribution in [0.5, 0.6) is 0 Å². The van der Waals surface area contributed by atoms with Crippen LogP contribution in [0.4, 0.5) is 0 Å². The molecule has 0 unspecified atom stereocenters. The first-order valence-electron chi connectivity index (χ1n) is 10.1. The highest BCUT2D eigenvalue weighted by molar-refractivity contribution is 5.96. The zero-order valence-corrected chi connectivity index (χ0v) is 16.2. The molecule has 0 aliphatic carbocycles. The van der Waals surface area contributed by atoms with E-state index in [0.29, 0.717) is 57.9 Å². The van der Waals surface area contributed by atoms with Crippen molar-refractivity contribution in [3.05, 3.63) is 42.1 Å². The van der Waals surface area contributed by atoms with Gasteiger partial charge in [0, 0.05) is 38.0 Å². The monoisotopic (exact) mass is 396 g/mol. The van der Waals surface area contributed by atoms with E-state index in [0.717, 1.165) is 11.3 Å². The van der Waals surface area contributed by atoms with E-state index in [1.54, 1.807) is 9.58 Å². The number of aromatic nitrogens is 2. The Morgan fingerprint density at radius 3 is 2.48 bits per heavy atom. The zero-order valence-electron chi connectivity index (χ0n) is 16.2. The number of carbonyl (C=O) groups is 2. The maximum atomic E-state index is 12.9. The first kappa shape index (κ1) is 18.3. The number of likely N-dealkylation sites (tertiary alicyclic amines) is 1. The molecule has 2 aromatic rings. The molecule has 0 saturated carbocycles. The lowest BCUT2D eigenvalue weighted by Crippen LogP contribution is -2.51. The molecule has 5 rings (SSSR count). The van der Waals surface area contributed by atoms with Gasteiger partial charge in [-0.2, -0.15) is 5.10 Å². The van der Waals surface area contributed by atoms with Crippen molar-refractivity contribution in [2.45, 2.75) is 25.2 Å². The quantitative estimate of drug-likeness (QED) is 0.783. The van der Waals surface area contributed by atoms with Crippen molar-refractivity contribution in [3.63, 3.8) is 0 Å². The van der Waals surface area contributed by atoms with Crippen LogP contribution in [-0.2, 0) is 20.8 Å². The fourth-order valence-corrected chi connectivity index (χ4v) is 4.28. The van der Waals surface area contributed by atoms with Crippen LogP contribution >= 0.6 is 0 Å². The van der Waals surface area contributed by atoms with E-state index in [1.165, 1.54) is 0 Å². The summed E-state index contributed by atoms with van der Waals surface area (Å²) in [6, 6.07) is 11.6. The number of piperidine rings is 1. The van der Waals surface area contributed by atoms with Crippen LogP contribution in [0.15, 0.2) is 36.4 Å². The molecule has 2 fully saturated rings. The molecule has 152 valence electrons. The van der Waals surface area contributed by atoms with E-state index < -0.39 is 5.79 Å². The Kier molecular flexibility index (Phi) is 4.60. The second kappa shape index (κ2) is 7.27. The minimum absolute atomic E-state index is 0.0255. The van der Waals surface area contributed by atoms with E-state index >= 15 is 0 Å². The van der Waals surface area contributed by atoms with Gasteiger partial charge < -0.3 is 19.3 Å². The topological polar surface area (TPSA) is 76.9 Å². The van der Waals surface area contributed by atoms with Gasteiger partial charge in [0.2, 0.25) is 5.91 Å². The molecule has 4 heterocycles. The van der Waals surface area contributed by atoms with Gasteiger partial charge in [-0.3, -0.25) is 14.3 Å². The van der Waals surface area contributed by atoms with Crippen LogP contribution in [0.1, 0.15) is 23.3 Å². The van der Waals surface area contributed by atoms with Crippen LogP contribution in [0.2, 0.25) is 0 Å². The first-order valence-corrected chi connectivity index (χ1v) is 10.1. The second-order valence-corrected chi connectivity index (χ2v) is 7.72. The van der Waals surface area contributed by atoms with Crippen molar-refractivity contribution < 1.29 is 19.1 Å². The number of amides is 2. The summed E-state index contributed by atoms with van der Waals surface area (Å²) in [7, 11) is 0. The van der Waals surface area contributed by atoms with E-state index in [-0.39, 0.29) is 18.4 Å². The highest BCUT2D eigenvalue weighted by Crippen LogP contribution is 2.31. The molecule has 0 radical (unpaired) electrons. The van der Waals surface area contributed by atoms with E-state index in [1.807, 2.05) is 41.3 Å². The number of fused-ring (bicyclic) bond motifs is 1. The van der Waals surface area contributed by atoms with Gasteiger partial charge in [-0.25, -0.2) is 0 Å². The van der Waals surface area contributed by atoms with Crippen LogP contribution in [-0.4, -0.2) is 76.6 Å². The third kappa shape index (κ3) is 3.42. The van der Waals surface area contributed by atoms with Crippen LogP contribution < -0.4 is 0 Å². The predicted octanol–water partition coefficient (Wildman–Crippen LogP) is 1.37. The lowest BCUT2D eigenvalue weighted by molar-refractivity contribution is -0.187. The molecule has 1 spiro atoms. The maximum Gasteiger partial charge on any atom is 0.272 e. The summed E-state index contributed by atoms with van der Waals surface area (Å²) in [5.41, 5.74) is 2.29. The average molecular weight is 396 g/mol. The molecule has 0 bridgehead atoms. The van der Waals surface area contributed by atoms with Crippen LogP contribution in [0.25, 0.3) is 11.3 Å². The number of nitrogens with zero attached hydrogens (tertiary/aromatic N) is 4. The van der Waals surface area contributed by atoms with Crippen molar-refractivity contribution in [2.75, 3.05) is 39.4 Å². The Morgan fingerprint density at radius 1 is 1.03 bits per heavy atom. The average Bonchev–Trinajstić information content (AvgIpc) is 3.39. The molecule has 0 atom stereocenters. The van der Waals surface area contributed by atoms with Gasteiger partial charge in [-0.15, -0.1) is 0 Å². The fraction of sp³-hybridized carbons (Fsp3) is 0.476. The molecule has 3 aliphatic heterocycles. The predicted molar refractivity (Wildman–Crippen MR) is 104 cm³/mol. The van der Waals surface area contributed by atoms with Gasteiger partial charge in [0.05, 0.1) is 25.5 Å². The minimum atomic E-state index is -0.502. The highest BCUT2D eigenvalue weighted by Gasteiger charge is 2.41. The van der Waals surface area contributed by atoms with Crippen LogP contribution in [0.3, 0.4) is 0 Å². The number of carbonyl (C=O) groups excluding carboxylic acids is 2. The SMILES string of the molecule is O=C(CN1CCn2nc(-c3ccccc3)cc2C1=O)N1CCC2(CC1)OCCO2. The van der Waals surface area contributed by atoms with E-state index in [9.17, 15) is 9.59 Å². The number of hydrogen-bond acceptors (Lipinski definition) is 5. The second-order valence-electron chi connectivity index (χ2n) is 7.72. The number of benzene rings is 1. The van der Waals surface area contributed by atoms with E-state index in [4.69, 9.17) is 9.47 Å². The lowest BCUT2D eigenvalue weighted by Gasteiger charge is -2.38. The molecular formula is C21H24N4O4. The van der Waals surface area contributed by atoms with E-state index in [2.05, 4.69) is 5.10 Å². The largest absolute Gasteiger partial charge is 0.347 e. The third-order valence-electron chi connectivity index (χ3n) is 5.96. The molecular weight excluding hydrogens is 372 g/mol. The Morgan fingerprint density at radius 2 is 1.76 bits per heavy atom. The number of hydrogen-bond donors (Lipinski definition) is 0.